The fourth-order valence-electron chi connectivity index (χ4n) is 5.09. The topological polar surface area (TPSA) is 69.7 Å². The van der Waals surface area contributed by atoms with Gasteiger partial charge in [-0.2, -0.15) is 0 Å². The first-order chi connectivity index (χ1) is 19.2. The number of hydrogen-bond acceptors (Lipinski definition) is 5. The second kappa shape index (κ2) is 11.7. The van der Waals surface area contributed by atoms with Gasteiger partial charge < -0.3 is 20.3 Å². The number of aromatic nitrogens is 1. The predicted octanol–water partition coefficient (Wildman–Crippen LogP) is 6.74. The summed E-state index contributed by atoms with van der Waals surface area (Å²) in [6, 6.07) is 22.4. The van der Waals surface area contributed by atoms with Gasteiger partial charge in [-0.3, -0.25) is 9.88 Å². The van der Waals surface area contributed by atoms with Crippen molar-refractivity contribution in [2.45, 2.75) is 32.7 Å². The molecule has 0 spiro atoms. The van der Waals surface area contributed by atoms with E-state index in [9.17, 15) is 4.79 Å². The number of ether oxygens (including phenoxy) is 1. The average molecular weight is 538 g/mol. The molecular weight excluding hydrogens is 498 g/mol. The highest BCUT2D eigenvalue weighted by Gasteiger charge is 2.18. The van der Waals surface area contributed by atoms with E-state index in [-0.39, 0.29) is 11.4 Å². The SMILES string of the molecule is CN(C)c1ccc(C(C)(C)C)cc1NC(=O)Nc1ccc(-c2ccc(CN3CCOCC3)nc2)c2ccccc12. The standard InChI is InChI=1S/C33H39N5O2/c1-33(2,3)24-11-15-31(37(4)5)30(20-24)36-32(39)35-29-14-13-26(27-8-6-7-9-28(27)29)23-10-12-25(34-21-23)22-38-16-18-40-19-17-38/h6-15,20-21H,16-19,22H2,1-5H3,(H2,35,36,39). The number of nitrogens with zero attached hydrogens (tertiary/aromatic N) is 3. The fraction of sp³-hybridized carbons (Fsp3) is 0.333. The minimum atomic E-state index is -0.277. The number of hydrogen-bond donors (Lipinski definition) is 2. The van der Waals surface area contributed by atoms with Crippen LogP contribution in [0.3, 0.4) is 0 Å². The van der Waals surface area contributed by atoms with Crippen LogP contribution in [-0.4, -0.2) is 56.3 Å². The minimum Gasteiger partial charge on any atom is -0.379 e. The zero-order chi connectivity index (χ0) is 28.3. The summed E-state index contributed by atoms with van der Waals surface area (Å²) in [7, 11) is 3.96. The highest BCUT2D eigenvalue weighted by atomic mass is 16.5. The van der Waals surface area contributed by atoms with Crippen LogP contribution in [0.25, 0.3) is 21.9 Å². The normalized spacial score (nSPS) is 14.2. The van der Waals surface area contributed by atoms with Gasteiger partial charge in [0, 0.05) is 50.9 Å². The van der Waals surface area contributed by atoms with E-state index in [2.05, 4.69) is 78.8 Å². The van der Waals surface area contributed by atoms with E-state index in [1.54, 1.807) is 0 Å². The van der Waals surface area contributed by atoms with Crippen LogP contribution < -0.4 is 15.5 Å². The third-order valence-corrected chi connectivity index (χ3v) is 7.39. The van der Waals surface area contributed by atoms with Crippen molar-refractivity contribution in [3.05, 3.63) is 84.2 Å². The Morgan fingerprint density at radius 1 is 0.925 bits per heavy atom. The second-order valence-electron chi connectivity index (χ2n) is 11.6. The molecule has 4 aromatic rings. The molecule has 208 valence electrons. The molecule has 0 aliphatic carbocycles. The first-order valence-electron chi connectivity index (χ1n) is 13.9. The lowest BCUT2D eigenvalue weighted by Gasteiger charge is -2.26. The third-order valence-electron chi connectivity index (χ3n) is 7.39. The van der Waals surface area contributed by atoms with Gasteiger partial charge in [-0.1, -0.05) is 63.2 Å². The van der Waals surface area contributed by atoms with Crippen molar-refractivity contribution >= 4 is 33.9 Å². The van der Waals surface area contributed by atoms with E-state index >= 15 is 0 Å². The smallest absolute Gasteiger partial charge is 0.323 e. The Kier molecular flexibility index (Phi) is 8.05. The van der Waals surface area contributed by atoms with Crippen molar-refractivity contribution < 1.29 is 9.53 Å². The maximum Gasteiger partial charge on any atom is 0.323 e. The van der Waals surface area contributed by atoms with Crippen LogP contribution in [0.5, 0.6) is 0 Å². The van der Waals surface area contributed by atoms with Gasteiger partial charge in [-0.05, 0) is 46.2 Å². The molecular formula is C33H39N5O2. The van der Waals surface area contributed by atoms with Crippen LogP contribution in [0.15, 0.2) is 72.9 Å². The van der Waals surface area contributed by atoms with Crippen molar-refractivity contribution in [1.82, 2.24) is 9.88 Å². The molecule has 7 nitrogen and oxygen atoms in total. The van der Waals surface area contributed by atoms with Gasteiger partial charge in [0.05, 0.1) is 36.0 Å². The van der Waals surface area contributed by atoms with E-state index in [1.165, 1.54) is 0 Å². The fourth-order valence-corrected chi connectivity index (χ4v) is 5.09. The quantitative estimate of drug-likeness (QED) is 0.285. The van der Waals surface area contributed by atoms with Crippen molar-refractivity contribution in [2.24, 2.45) is 0 Å². The molecule has 2 heterocycles. The summed E-state index contributed by atoms with van der Waals surface area (Å²) in [4.78, 5) is 22.4. The summed E-state index contributed by atoms with van der Waals surface area (Å²) >= 11 is 0. The number of amides is 2. The third kappa shape index (κ3) is 6.27. The lowest BCUT2D eigenvalue weighted by molar-refractivity contribution is 0.0336. The number of pyridine rings is 1. The number of benzene rings is 3. The molecule has 7 heteroatoms. The van der Waals surface area contributed by atoms with Crippen LogP contribution in [0.4, 0.5) is 21.9 Å². The van der Waals surface area contributed by atoms with Crippen LogP contribution >= 0.6 is 0 Å². The Balaban J connectivity index is 1.37. The molecule has 3 aromatic carbocycles. The molecule has 0 atom stereocenters. The maximum atomic E-state index is 13.3. The second-order valence-corrected chi connectivity index (χ2v) is 11.6. The van der Waals surface area contributed by atoms with E-state index in [0.717, 1.165) is 83.1 Å². The molecule has 1 fully saturated rings. The number of urea groups is 1. The van der Waals surface area contributed by atoms with Crippen molar-refractivity contribution in [3.8, 4) is 11.1 Å². The Bertz CT molecular complexity index is 1490. The number of fused-ring (bicyclic) bond motifs is 1. The summed E-state index contributed by atoms with van der Waals surface area (Å²) in [5.74, 6) is 0. The van der Waals surface area contributed by atoms with Gasteiger partial charge in [0.15, 0.2) is 0 Å². The number of carbonyl (C=O) groups excluding carboxylic acids is 1. The highest BCUT2D eigenvalue weighted by Crippen LogP contribution is 2.34. The average Bonchev–Trinajstić information content (AvgIpc) is 2.94. The molecule has 0 unspecified atom stereocenters. The van der Waals surface area contributed by atoms with Crippen LogP contribution in [0, 0.1) is 0 Å². The highest BCUT2D eigenvalue weighted by molar-refractivity contribution is 6.10. The van der Waals surface area contributed by atoms with Gasteiger partial charge in [0.25, 0.3) is 0 Å². The number of anilines is 3. The number of nitrogens with one attached hydrogen (secondary N) is 2. The molecule has 5 rings (SSSR count). The molecule has 0 bridgehead atoms. The Morgan fingerprint density at radius 3 is 2.33 bits per heavy atom. The summed E-state index contributed by atoms with van der Waals surface area (Å²) in [5, 5.41) is 8.22. The predicted molar refractivity (Wildman–Crippen MR) is 165 cm³/mol. The van der Waals surface area contributed by atoms with Gasteiger partial charge >= 0.3 is 6.03 Å². The summed E-state index contributed by atoms with van der Waals surface area (Å²) in [6.07, 6.45) is 1.95. The number of morpholine rings is 1. The van der Waals surface area contributed by atoms with E-state index < -0.39 is 0 Å². The molecule has 40 heavy (non-hydrogen) atoms. The summed E-state index contributed by atoms with van der Waals surface area (Å²) < 4.78 is 5.46. The molecule has 1 aromatic heterocycles. The van der Waals surface area contributed by atoms with Crippen LogP contribution in [0.1, 0.15) is 32.0 Å². The van der Waals surface area contributed by atoms with Crippen molar-refractivity contribution in [1.29, 1.82) is 0 Å². The monoisotopic (exact) mass is 537 g/mol. The number of carbonyl (C=O) groups is 1. The Labute approximate surface area is 237 Å². The first-order valence-corrected chi connectivity index (χ1v) is 13.9. The molecule has 2 amide bonds. The van der Waals surface area contributed by atoms with Gasteiger partial charge in [0.2, 0.25) is 0 Å². The van der Waals surface area contributed by atoms with Crippen molar-refractivity contribution in [2.75, 3.05) is 55.9 Å². The van der Waals surface area contributed by atoms with Gasteiger partial charge in [-0.25, -0.2) is 4.79 Å². The zero-order valence-electron chi connectivity index (χ0n) is 24.1. The maximum absolute atomic E-state index is 13.3. The minimum absolute atomic E-state index is 0.0284. The van der Waals surface area contributed by atoms with Gasteiger partial charge in [0.1, 0.15) is 0 Å². The van der Waals surface area contributed by atoms with E-state index in [0.29, 0.717) is 0 Å². The lowest BCUT2D eigenvalue weighted by atomic mass is 9.86. The zero-order valence-corrected chi connectivity index (χ0v) is 24.1. The first kappa shape index (κ1) is 27.6. The lowest BCUT2D eigenvalue weighted by Crippen LogP contribution is -2.35. The molecule has 0 saturated carbocycles. The van der Waals surface area contributed by atoms with Crippen LogP contribution in [0.2, 0.25) is 0 Å². The Morgan fingerprint density at radius 2 is 1.65 bits per heavy atom. The summed E-state index contributed by atoms with van der Waals surface area (Å²) in [6.45, 7) is 10.8. The Hall–Kier alpha value is -3.94. The van der Waals surface area contributed by atoms with Crippen molar-refractivity contribution in [3.63, 3.8) is 0 Å². The number of rotatable bonds is 6. The van der Waals surface area contributed by atoms with E-state index in [1.807, 2.05) is 49.5 Å². The molecule has 1 aliphatic heterocycles. The molecule has 1 saturated heterocycles. The molecule has 1 aliphatic rings. The van der Waals surface area contributed by atoms with Gasteiger partial charge in [-0.15, -0.1) is 0 Å². The van der Waals surface area contributed by atoms with E-state index in [4.69, 9.17) is 9.72 Å². The van der Waals surface area contributed by atoms with Crippen LogP contribution in [-0.2, 0) is 16.7 Å². The molecule has 0 radical (unpaired) electrons. The summed E-state index contributed by atoms with van der Waals surface area (Å²) in [5.41, 5.74) is 6.80. The largest absolute Gasteiger partial charge is 0.379 e. The molecule has 2 N–H and O–H groups in total.